The fourth-order valence-corrected chi connectivity index (χ4v) is 13.2. The number of halogens is 7. The number of carbonyl (C=O) groups is 2. The Labute approximate surface area is 798 Å². The van der Waals surface area contributed by atoms with Crippen molar-refractivity contribution in [2.75, 3.05) is 88.4 Å². The zero-order valence-electron chi connectivity index (χ0n) is 72.9. The van der Waals surface area contributed by atoms with E-state index in [2.05, 4.69) is 137 Å². The molecule has 5 radical (unpaired) electrons. The summed E-state index contributed by atoms with van der Waals surface area (Å²) in [6, 6.07) is 47.9. The predicted octanol–water partition coefficient (Wildman–Crippen LogP) is 9.02. The molecule has 0 unspecified atom stereocenters. The van der Waals surface area contributed by atoms with Crippen LogP contribution in [0.5, 0.6) is 35.0 Å². The molecule has 0 aliphatic carbocycles. The van der Waals surface area contributed by atoms with Crippen molar-refractivity contribution in [3.63, 3.8) is 0 Å². The first-order valence-corrected chi connectivity index (χ1v) is 41.2. The molecule has 9 aromatic heterocycles. The van der Waals surface area contributed by atoms with E-state index in [4.69, 9.17) is 42.6 Å². The maximum absolute atomic E-state index is 12.5. The van der Waals surface area contributed by atoms with Crippen LogP contribution in [-0.4, -0.2) is 193 Å². The summed E-state index contributed by atoms with van der Waals surface area (Å²) in [5.74, 6) is 3.42. The second-order valence-electron chi connectivity index (χ2n) is 26.6. The summed E-state index contributed by atoms with van der Waals surface area (Å²) >= 11 is 12.7. The number of hydrogen-bond acceptors (Lipinski definition) is 23. The number of aryl methyl sites for hydroxylation is 4. The zero-order chi connectivity index (χ0) is 86.7. The van der Waals surface area contributed by atoms with Gasteiger partial charge in [-0.25, -0.2) is 53.6 Å². The molecule has 0 saturated carbocycles. The third-order valence-corrected chi connectivity index (χ3v) is 19.9. The van der Waals surface area contributed by atoms with Gasteiger partial charge in [0, 0.05) is 106 Å². The minimum atomic E-state index is -1.00. The van der Waals surface area contributed by atoms with E-state index in [1.807, 2.05) is 155 Å². The molecule has 649 valence electrons. The monoisotopic (exact) mass is 1960 g/mol. The number of rotatable bonds is 19. The standard InChI is InChI=1S/C23H25N3O3.C16H18BrN3O2.C16H16BrN3O2.C10H14N2O.C7H7BO.C6H3BrFNO.C5H3BrFN.C4H9.CH3F.B.Li.Na.2H2O.H/c1-16-6-5-12-24-23(16)29-17-11-13-26(14-17)21-10-9-19(25-20(21)15-27)18-7-3-4-8-22(18)28-2;2*1-11-3-2-7-18-16(11)22-12-6-8-20(9-12)14-4-5-15(17)19-13(14)10-21;1-8-3-2-5-12-10(8)13-9-4-6-11-7-9;1-9-7-5-3-2-4-6(7)8;7-6-2-1-4(8)5(3-10)9-6;6-5-2-1-4(7)3-8-5;1-3-4-2;1-2;;;;;;/h3-10,12,17,27H,11,13-15H2,1-2H3;2-5,7,12,21H,6,8-10H2,1H3;2-5,7,10,12H,6,8-9H2,1H3;2-3,5,9,11H,4,6-7H2,1H3;2-5H,1H3;1-3H;1-3H;1,3-4H2,2H3;1H3;;;;2*1H2;/q;;;;;;;-1;;;2*+1;;;-1/t17-;2*12-;9-;;;;;;;;;;;/m0000.........../s1/i;;;;;;;;1D;;;;;;. The van der Waals surface area contributed by atoms with E-state index in [-0.39, 0.29) is 112 Å². The van der Waals surface area contributed by atoms with E-state index in [0.717, 1.165) is 170 Å². The number of nitrogens with one attached hydrogen (secondary N) is 1. The molecule has 4 atom stereocenters. The predicted molar refractivity (Wildman–Crippen MR) is 488 cm³/mol. The first-order chi connectivity index (χ1) is 58.1. The second-order valence-corrected chi connectivity index (χ2v) is 29.9. The average molecular weight is 1960 g/mol. The number of methoxy groups -OCH3 is 2. The third-order valence-electron chi connectivity index (χ3n) is 18.1. The van der Waals surface area contributed by atoms with Gasteiger partial charge in [-0.15, -0.1) is 0 Å². The Morgan fingerprint density at radius 1 is 0.540 bits per heavy atom. The molecule has 7 N–H and O–H groups in total. The Balaban J connectivity index is 0.000000748. The minimum Gasteiger partial charge on any atom is -1.00 e. The molecule has 4 aliphatic heterocycles. The molecule has 11 aromatic rings. The summed E-state index contributed by atoms with van der Waals surface area (Å²) in [5, 5.41) is 22.7. The van der Waals surface area contributed by atoms with Gasteiger partial charge in [0.1, 0.15) is 79.4 Å². The van der Waals surface area contributed by atoms with Crippen LogP contribution in [0, 0.1) is 46.3 Å². The van der Waals surface area contributed by atoms with E-state index in [0.29, 0.717) is 66.4 Å². The SMILES string of the molecule is COc1ccccc1-c1ccc(N2CC[C@H](Oc3ncccc3C)C2)c(CO)n1.Cc1cccnc1O[C@H]1CCN(c2ccc(Br)nc2C=O)C1.Cc1cccnc1O[C@H]1CCN(c2ccc(Br)nc2CO)C1.Cc1cccnc1O[C@H]1CCNC1.Fc1ccc(Br)nc1.O.O.O=Cc1nc(Br)ccc1F.[2H]CF.[B].[B]c1ccccc1OC.[CH2-]CCC.[H-].[Li+].[Na+]. The summed E-state index contributed by atoms with van der Waals surface area (Å²) in [6.45, 7) is 20.3. The largest absolute Gasteiger partial charge is 1.00 e. The van der Waals surface area contributed by atoms with Crippen molar-refractivity contribution in [3.8, 4) is 46.3 Å². The number of para-hydroxylation sites is 2. The van der Waals surface area contributed by atoms with Crippen molar-refractivity contribution < 1.29 is 124 Å². The number of alkyl halides is 1. The fraction of sp³-hybridized carbons (Fsp3) is 0.318. The maximum atomic E-state index is 12.5. The molecule has 4 saturated heterocycles. The van der Waals surface area contributed by atoms with Gasteiger partial charge in [0.2, 0.25) is 23.5 Å². The van der Waals surface area contributed by atoms with Crippen molar-refractivity contribution >= 4 is 115 Å². The number of ether oxygens (including phenoxy) is 6. The van der Waals surface area contributed by atoms with E-state index in [1.54, 1.807) is 51.1 Å². The summed E-state index contributed by atoms with van der Waals surface area (Å²) < 4.78 is 76.7. The smallest absolute Gasteiger partial charge is 1.00 e. The molecule has 2 aromatic carbocycles. The Kier molecular flexibility index (Phi) is 54.0. The number of hydrogen-bond donors (Lipinski definition) is 3. The summed E-state index contributed by atoms with van der Waals surface area (Å²) in [5.41, 5.74) is 11.0. The van der Waals surface area contributed by atoms with Gasteiger partial charge in [-0.3, -0.25) is 14.0 Å². The maximum Gasteiger partial charge on any atom is 1.00 e. The normalized spacial score (nSPS) is 14.7. The quantitative estimate of drug-likeness (QED) is 0.0294. The number of aliphatic hydroxyl groups is 2. The first-order valence-electron chi connectivity index (χ1n) is 38.8. The number of aliphatic hydroxyl groups excluding tert-OH is 2. The molecule has 0 spiro atoms. The number of aromatic nitrogens is 9. The van der Waals surface area contributed by atoms with E-state index < -0.39 is 13.0 Å². The first kappa shape index (κ1) is 110. The van der Waals surface area contributed by atoms with E-state index >= 15 is 0 Å². The molecule has 36 heteroatoms. The Bertz CT molecular complexity index is 4950. The van der Waals surface area contributed by atoms with E-state index in [1.165, 1.54) is 24.6 Å². The van der Waals surface area contributed by atoms with Gasteiger partial charge in [0.15, 0.2) is 18.4 Å². The minimum absolute atomic E-state index is 0. The number of carbonyl (C=O) groups excluding carboxylic acids is 2. The summed E-state index contributed by atoms with van der Waals surface area (Å²) in [7, 11) is 7.76. The van der Waals surface area contributed by atoms with Gasteiger partial charge >= 0.3 is 48.4 Å². The van der Waals surface area contributed by atoms with Crippen molar-refractivity contribution in [3.05, 3.63) is 271 Å². The number of nitrogens with zero attached hydrogens (tertiary/aromatic N) is 12. The number of pyridine rings is 9. The van der Waals surface area contributed by atoms with Crippen LogP contribution in [0.2, 0.25) is 0 Å². The van der Waals surface area contributed by atoms with Crippen LogP contribution in [0.3, 0.4) is 0 Å². The van der Waals surface area contributed by atoms with Crippen molar-refractivity contribution in [2.45, 2.75) is 111 Å². The van der Waals surface area contributed by atoms with Crippen molar-refractivity contribution in [1.82, 2.24) is 50.2 Å². The van der Waals surface area contributed by atoms with Crippen LogP contribution in [0.4, 0.5) is 30.2 Å². The Morgan fingerprint density at radius 2 is 0.935 bits per heavy atom. The number of aldehydes is 2. The third kappa shape index (κ3) is 36.5. The zero-order valence-corrected chi connectivity index (χ0v) is 79.3. The Morgan fingerprint density at radius 3 is 1.32 bits per heavy atom. The van der Waals surface area contributed by atoms with Crippen LogP contribution in [0.25, 0.3) is 11.3 Å². The summed E-state index contributed by atoms with van der Waals surface area (Å²) in [4.78, 5) is 65.3. The van der Waals surface area contributed by atoms with Crippen LogP contribution in [0.15, 0.2) is 207 Å². The molecule has 0 bridgehead atoms. The molecule has 0 amide bonds. The fourth-order valence-electron chi connectivity index (χ4n) is 12.0. The van der Waals surface area contributed by atoms with Crippen molar-refractivity contribution in [1.29, 1.82) is 0 Å². The molecule has 4 fully saturated rings. The molecular weight excluding hydrogens is 1860 g/mol. The van der Waals surface area contributed by atoms with Gasteiger partial charge in [-0.05, 0) is 208 Å². The van der Waals surface area contributed by atoms with E-state index in [9.17, 15) is 33.0 Å². The molecule has 15 rings (SSSR count). The number of benzene rings is 2. The van der Waals surface area contributed by atoms with Crippen molar-refractivity contribution in [2.24, 2.45) is 0 Å². The number of unbranched alkanes of at least 4 members (excludes halogenated alkanes) is 1. The van der Waals surface area contributed by atoms with Gasteiger partial charge in [-0.2, -0.15) is 6.42 Å². The van der Waals surface area contributed by atoms with Gasteiger partial charge < -0.3 is 78.0 Å². The van der Waals surface area contributed by atoms with Gasteiger partial charge in [-0.1, -0.05) is 73.4 Å². The van der Waals surface area contributed by atoms with Crippen LogP contribution in [0.1, 0.15) is 103 Å². The summed E-state index contributed by atoms with van der Waals surface area (Å²) in [6.07, 6.45) is 15.9. The molecule has 4 aliphatic rings. The van der Waals surface area contributed by atoms with Crippen LogP contribution >= 0.6 is 63.7 Å². The van der Waals surface area contributed by atoms with Gasteiger partial charge in [0.05, 0.1) is 95.9 Å². The average Bonchev–Trinajstić information content (AvgIpc) is 1.55. The topological polar surface area (TPSA) is 331 Å². The van der Waals surface area contributed by atoms with Crippen LogP contribution in [-0.2, 0) is 13.2 Å². The Hall–Kier alpha value is -8.43. The number of anilines is 3. The molecular formula is C88H103B2Br4F3LiN13NaO12. The van der Waals surface area contributed by atoms with Gasteiger partial charge in [0.25, 0.3) is 0 Å². The van der Waals surface area contributed by atoms with Crippen LogP contribution < -0.4 is 102 Å². The molecule has 13 heterocycles. The second kappa shape index (κ2) is 61.1. The molecule has 25 nitrogen and oxygen atoms in total. The molecule has 124 heavy (non-hydrogen) atoms.